The maximum atomic E-state index is 11.7. The van der Waals surface area contributed by atoms with Crippen LogP contribution in [0.15, 0.2) is 24.3 Å². The first-order valence-electron chi connectivity index (χ1n) is 6.56. The highest BCUT2D eigenvalue weighted by molar-refractivity contribution is 5.91. The number of carbonyl (C=O) groups is 2. The third-order valence-corrected chi connectivity index (χ3v) is 3.03. The Morgan fingerprint density at radius 3 is 2.75 bits per heavy atom. The topological polar surface area (TPSA) is 90.7 Å². The summed E-state index contributed by atoms with van der Waals surface area (Å²) in [6.45, 7) is 0.904. The molecule has 6 heteroatoms. The van der Waals surface area contributed by atoms with Gasteiger partial charge in [-0.1, -0.05) is 0 Å². The molecule has 1 atom stereocenters. The molecule has 1 aliphatic heterocycles. The van der Waals surface area contributed by atoms with Crippen molar-refractivity contribution in [1.82, 2.24) is 5.32 Å². The summed E-state index contributed by atoms with van der Waals surface area (Å²) >= 11 is 0. The van der Waals surface area contributed by atoms with Gasteiger partial charge in [0.15, 0.2) is 6.61 Å². The third kappa shape index (κ3) is 4.24. The van der Waals surface area contributed by atoms with Gasteiger partial charge in [0, 0.05) is 18.8 Å². The minimum Gasteiger partial charge on any atom is -0.452 e. The van der Waals surface area contributed by atoms with E-state index in [1.807, 2.05) is 0 Å². The number of amides is 1. The highest BCUT2D eigenvalue weighted by atomic mass is 16.5. The quantitative estimate of drug-likeness (QED) is 0.612. The Morgan fingerprint density at radius 1 is 1.35 bits per heavy atom. The number of hydrogen-bond donors (Lipinski definition) is 2. The molecule has 1 fully saturated rings. The zero-order valence-corrected chi connectivity index (χ0v) is 11.1. The van der Waals surface area contributed by atoms with Gasteiger partial charge < -0.3 is 20.5 Å². The zero-order valence-electron chi connectivity index (χ0n) is 11.1. The number of rotatable bonds is 5. The van der Waals surface area contributed by atoms with Crippen molar-refractivity contribution in [3.8, 4) is 0 Å². The lowest BCUT2D eigenvalue weighted by atomic mass is 10.2. The second kappa shape index (κ2) is 6.91. The summed E-state index contributed by atoms with van der Waals surface area (Å²) < 4.78 is 10.3. The molecule has 0 aromatic heterocycles. The smallest absolute Gasteiger partial charge is 0.338 e. The summed E-state index contributed by atoms with van der Waals surface area (Å²) in [5, 5.41) is 2.68. The summed E-state index contributed by atoms with van der Waals surface area (Å²) in [6, 6.07) is 6.33. The van der Waals surface area contributed by atoms with Gasteiger partial charge in [0.2, 0.25) is 0 Å². The van der Waals surface area contributed by atoms with Crippen LogP contribution in [0.5, 0.6) is 0 Å². The van der Waals surface area contributed by atoms with E-state index < -0.39 is 5.97 Å². The van der Waals surface area contributed by atoms with E-state index >= 15 is 0 Å². The molecule has 0 radical (unpaired) electrons. The molecule has 108 valence electrons. The van der Waals surface area contributed by atoms with Crippen LogP contribution < -0.4 is 11.1 Å². The number of esters is 1. The number of benzene rings is 1. The largest absolute Gasteiger partial charge is 0.452 e. The van der Waals surface area contributed by atoms with Gasteiger partial charge in [0.05, 0.1) is 11.7 Å². The zero-order chi connectivity index (χ0) is 14.4. The highest BCUT2D eigenvalue weighted by Gasteiger charge is 2.16. The van der Waals surface area contributed by atoms with Gasteiger partial charge in [-0.3, -0.25) is 4.79 Å². The molecule has 0 aliphatic carbocycles. The molecule has 1 aromatic rings. The normalized spacial score (nSPS) is 17.7. The molecule has 1 heterocycles. The van der Waals surface area contributed by atoms with Gasteiger partial charge in [-0.15, -0.1) is 0 Å². The van der Waals surface area contributed by atoms with Crippen LogP contribution in [-0.2, 0) is 14.3 Å². The van der Waals surface area contributed by atoms with E-state index in [0.29, 0.717) is 17.8 Å². The van der Waals surface area contributed by atoms with Crippen LogP contribution in [0, 0.1) is 0 Å². The molecule has 0 bridgehead atoms. The Hall–Kier alpha value is -2.08. The summed E-state index contributed by atoms with van der Waals surface area (Å²) in [5.41, 5.74) is 6.45. The number of nitrogen functional groups attached to an aromatic ring is 1. The lowest BCUT2D eigenvalue weighted by Crippen LogP contribution is -2.34. The predicted molar refractivity (Wildman–Crippen MR) is 73.1 cm³/mol. The molecular formula is C14H18N2O4. The maximum absolute atomic E-state index is 11.7. The number of hydrogen-bond acceptors (Lipinski definition) is 5. The average molecular weight is 278 g/mol. The molecule has 0 spiro atoms. The molecule has 1 aromatic carbocycles. The molecule has 3 N–H and O–H groups in total. The predicted octanol–water partition coefficient (Wildman–Crippen LogP) is 0.721. The summed E-state index contributed by atoms with van der Waals surface area (Å²) in [6.07, 6.45) is 2.05. The first-order chi connectivity index (χ1) is 9.65. The van der Waals surface area contributed by atoms with Gasteiger partial charge in [-0.05, 0) is 37.1 Å². The van der Waals surface area contributed by atoms with Crippen molar-refractivity contribution in [2.45, 2.75) is 18.9 Å². The lowest BCUT2D eigenvalue weighted by Gasteiger charge is -2.11. The van der Waals surface area contributed by atoms with E-state index in [4.69, 9.17) is 15.2 Å². The van der Waals surface area contributed by atoms with Crippen molar-refractivity contribution >= 4 is 17.6 Å². The first kappa shape index (κ1) is 14.3. The Labute approximate surface area is 117 Å². The Kier molecular flexibility index (Phi) is 4.95. The second-order valence-corrected chi connectivity index (χ2v) is 4.64. The standard InChI is InChI=1S/C14H18N2O4/c15-11-5-3-10(4-6-11)14(18)20-9-13(17)16-8-12-2-1-7-19-12/h3-6,12H,1-2,7-9,15H2,(H,16,17)/t12-/m1/s1. The summed E-state index contributed by atoms with van der Waals surface area (Å²) in [4.78, 5) is 23.2. The number of nitrogens with one attached hydrogen (secondary N) is 1. The monoisotopic (exact) mass is 278 g/mol. The van der Waals surface area contributed by atoms with E-state index in [0.717, 1.165) is 19.4 Å². The van der Waals surface area contributed by atoms with Crippen molar-refractivity contribution in [1.29, 1.82) is 0 Å². The van der Waals surface area contributed by atoms with E-state index in [1.54, 1.807) is 24.3 Å². The van der Waals surface area contributed by atoms with E-state index in [9.17, 15) is 9.59 Å². The van der Waals surface area contributed by atoms with Crippen molar-refractivity contribution in [3.05, 3.63) is 29.8 Å². The summed E-state index contributed by atoms with van der Waals surface area (Å²) in [5.74, 6) is -0.874. The van der Waals surface area contributed by atoms with Crippen LogP contribution in [0.4, 0.5) is 5.69 Å². The second-order valence-electron chi connectivity index (χ2n) is 4.64. The van der Waals surface area contributed by atoms with Crippen LogP contribution in [0.1, 0.15) is 23.2 Å². The molecule has 1 aliphatic rings. The van der Waals surface area contributed by atoms with Crippen LogP contribution in [-0.4, -0.2) is 37.7 Å². The third-order valence-electron chi connectivity index (χ3n) is 3.03. The van der Waals surface area contributed by atoms with Crippen LogP contribution >= 0.6 is 0 Å². The van der Waals surface area contributed by atoms with Crippen molar-refractivity contribution in [3.63, 3.8) is 0 Å². The SMILES string of the molecule is Nc1ccc(C(=O)OCC(=O)NC[C@H]2CCCO2)cc1. The van der Waals surface area contributed by atoms with Gasteiger partial charge in [0.1, 0.15) is 0 Å². The van der Waals surface area contributed by atoms with Crippen molar-refractivity contribution in [2.24, 2.45) is 0 Å². The molecular weight excluding hydrogens is 260 g/mol. The van der Waals surface area contributed by atoms with Crippen LogP contribution in [0.3, 0.4) is 0 Å². The summed E-state index contributed by atoms with van der Waals surface area (Å²) in [7, 11) is 0. The van der Waals surface area contributed by atoms with E-state index in [1.165, 1.54) is 0 Å². The Balaban J connectivity index is 1.69. The van der Waals surface area contributed by atoms with Gasteiger partial charge in [-0.2, -0.15) is 0 Å². The molecule has 1 saturated heterocycles. The van der Waals surface area contributed by atoms with Crippen LogP contribution in [0.25, 0.3) is 0 Å². The van der Waals surface area contributed by atoms with E-state index in [-0.39, 0.29) is 18.6 Å². The minimum atomic E-state index is -0.544. The molecule has 6 nitrogen and oxygen atoms in total. The fourth-order valence-electron chi connectivity index (χ4n) is 1.92. The van der Waals surface area contributed by atoms with Crippen molar-refractivity contribution in [2.75, 3.05) is 25.5 Å². The number of anilines is 1. The Bertz CT molecular complexity index is 467. The molecule has 2 rings (SSSR count). The highest BCUT2D eigenvalue weighted by Crippen LogP contribution is 2.10. The van der Waals surface area contributed by atoms with Gasteiger partial charge >= 0.3 is 5.97 Å². The average Bonchev–Trinajstić information content (AvgIpc) is 2.96. The fourth-order valence-corrected chi connectivity index (χ4v) is 1.92. The molecule has 1 amide bonds. The van der Waals surface area contributed by atoms with Crippen LogP contribution in [0.2, 0.25) is 0 Å². The number of carbonyl (C=O) groups excluding carboxylic acids is 2. The number of nitrogens with two attached hydrogens (primary N) is 1. The Morgan fingerprint density at radius 2 is 2.10 bits per heavy atom. The number of ether oxygens (including phenoxy) is 2. The maximum Gasteiger partial charge on any atom is 0.338 e. The minimum absolute atomic E-state index is 0.0757. The fraction of sp³-hybridized carbons (Fsp3) is 0.429. The lowest BCUT2D eigenvalue weighted by molar-refractivity contribution is -0.124. The first-order valence-corrected chi connectivity index (χ1v) is 6.56. The van der Waals surface area contributed by atoms with Crippen molar-refractivity contribution < 1.29 is 19.1 Å². The van der Waals surface area contributed by atoms with Gasteiger partial charge in [0.25, 0.3) is 5.91 Å². The molecule has 20 heavy (non-hydrogen) atoms. The van der Waals surface area contributed by atoms with E-state index in [2.05, 4.69) is 5.32 Å². The molecule has 0 unspecified atom stereocenters. The molecule has 0 saturated carbocycles. The van der Waals surface area contributed by atoms with Gasteiger partial charge in [-0.25, -0.2) is 4.79 Å².